The number of carbonyl (C=O) groups is 1. The van der Waals surface area contributed by atoms with Gasteiger partial charge in [-0.1, -0.05) is 6.08 Å². The second-order valence-corrected chi connectivity index (χ2v) is 7.56. The first-order valence-corrected chi connectivity index (χ1v) is 10.1. The molecule has 0 saturated carbocycles. The van der Waals surface area contributed by atoms with Crippen molar-refractivity contribution in [1.82, 2.24) is 15.1 Å². The number of aryl methyl sites for hydroxylation is 1. The molecule has 1 aliphatic rings. The van der Waals surface area contributed by atoms with E-state index in [0.717, 1.165) is 17.2 Å². The molecule has 0 saturated heterocycles. The maximum absolute atomic E-state index is 14.5. The highest BCUT2D eigenvalue weighted by Crippen LogP contribution is 2.31. The fourth-order valence-electron chi connectivity index (χ4n) is 3.60. The van der Waals surface area contributed by atoms with E-state index in [1.54, 1.807) is 29.1 Å². The Balaban J connectivity index is 1.77. The molecule has 166 valence electrons. The van der Waals surface area contributed by atoms with Crippen LogP contribution >= 0.6 is 0 Å². The lowest BCUT2D eigenvalue weighted by molar-refractivity contribution is -0.114. The number of allylic oxidation sites excluding steroid dienone is 4. The van der Waals surface area contributed by atoms with Crippen molar-refractivity contribution in [3.63, 3.8) is 0 Å². The molecule has 0 aliphatic carbocycles. The molecule has 2 heterocycles. The predicted octanol–water partition coefficient (Wildman–Crippen LogP) is 4.88. The maximum Gasteiger partial charge on any atom is 0.221 e. The third-order valence-corrected chi connectivity index (χ3v) is 5.09. The molecule has 0 radical (unpaired) electrons. The summed E-state index contributed by atoms with van der Waals surface area (Å²) in [5, 5.41) is 18.1. The third-order valence-electron chi connectivity index (χ3n) is 5.09. The molecule has 0 unspecified atom stereocenters. The van der Waals surface area contributed by atoms with E-state index < -0.39 is 11.6 Å². The van der Waals surface area contributed by atoms with E-state index >= 15 is 0 Å². The Bertz CT molecular complexity index is 1350. The number of nitrogens with one attached hydrogen (secondary N) is 3. The molecule has 0 bridgehead atoms. The van der Waals surface area contributed by atoms with Crippen LogP contribution in [-0.4, -0.2) is 21.9 Å². The molecule has 8 heteroatoms. The Hall–Kier alpha value is -4.33. The van der Waals surface area contributed by atoms with Crippen molar-refractivity contribution < 1.29 is 13.6 Å². The molecule has 3 aromatic rings. The standard InChI is InChI=1S/C25H21F2N5O/c1-15(33)31-21-8-17(22-5-4-20(26)10-24(22)27)7-18(9-21)23(11-28)25-6-3-16(12-29-25)19-13-30-32(2)14-19/h3-14,28-29H,1-2H3,(H,31,33)/b25-23+,28-11?. The smallest absolute Gasteiger partial charge is 0.221 e. The third kappa shape index (κ3) is 4.79. The molecular weight excluding hydrogens is 424 g/mol. The van der Waals surface area contributed by atoms with Gasteiger partial charge in [-0.2, -0.15) is 5.10 Å². The monoisotopic (exact) mass is 445 g/mol. The van der Waals surface area contributed by atoms with Gasteiger partial charge in [-0.25, -0.2) is 8.78 Å². The number of dihydropyridines is 1. The van der Waals surface area contributed by atoms with Crippen LogP contribution in [0.5, 0.6) is 0 Å². The number of hydrogen-bond donors (Lipinski definition) is 3. The average molecular weight is 445 g/mol. The van der Waals surface area contributed by atoms with Gasteiger partial charge >= 0.3 is 0 Å². The zero-order chi connectivity index (χ0) is 23.5. The highest BCUT2D eigenvalue weighted by Gasteiger charge is 2.14. The number of benzene rings is 2. The Labute approximate surface area is 189 Å². The minimum absolute atomic E-state index is 0.185. The van der Waals surface area contributed by atoms with E-state index in [1.165, 1.54) is 25.3 Å². The zero-order valence-electron chi connectivity index (χ0n) is 18.0. The zero-order valence-corrected chi connectivity index (χ0v) is 18.0. The van der Waals surface area contributed by atoms with Crippen LogP contribution in [0.2, 0.25) is 0 Å². The first kappa shape index (κ1) is 21.9. The molecule has 0 atom stereocenters. The molecular formula is C25H21F2N5O. The topological polar surface area (TPSA) is 82.8 Å². The van der Waals surface area contributed by atoms with Crippen molar-refractivity contribution >= 4 is 29.0 Å². The van der Waals surface area contributed by atoms with Gasteiger partial charge in [-0.05, 0) is 47.5 Å². The van der Waals surface area contributed by atoms with Crippen molar-refractivity contribution in [2.24, 2.45) is 7.05 Å². The van der Waals surface area contributed by atoms with Crippen LogP contribution < -0.4 is 10.6 Å². The quantitative estimate of drug-likeness (QED) is 0.489. The molecule has 0 spiro atoms. The van der Waals surface area contributed by atoms with Gasteiger partial charge in [0.05, 0.1) is 6.20 Å². The Morgan fingerprint density at radius 2 is 1.97 bits per heavy atom. The first-order valence-electron chi connectivity index (χ1n) is 10.1. The van der Waals surface area contributed by atoms with Crippen LogP contribution in [0, 0.1) is 17.0 Å². The number of rotatable bonds is 5. The summed E-state index contributed by atoms with van der Waals surface area (Å²) < 4.78 is 29.6. The number of hydrogen-bond acceptors (Lipinski definition) is 4. The van der Waals surface area contributed by atoms with Gasteiger partial charge < -0.3 is 16.0 Å². The van der Waals surface area contributed by atoms with Gasteiger partial charge in [0.1, 0.15) is 11.6 Å². The van der Waals surface area contributed by atoms with Gasteiger partial charge in [-0.15, -0.1) is 0 Å². The summed E-state index contributed by atoms with van der Waals surface area (Å²) in [7, 11) is 1.84. The molecule has 3 N–H and O–H groups in total. The minimum atomic E-state index is -0.718. The maximum atomic E-state index is 14.5. The number of halogens is 2. The van der Waals surface area contributed by atoms with Crippen LogP contribution in [0.3, 0.4) is 0 Å². The minimum Gasteiger partial charge on any atom is -0.361 e. The molecule has 4 rings (SSSR count). The second kappa shape index (κ2) is 9.04. The summed E-state index contributed by atoms with van der Waals surface area (Å²) in [5.41, 5.74) is 4.71. The van der Waals surface area contributed by atoms with Crippen molar-refractivity contribution in [2.45, 2.75) is 6.92 Å². The van der Waals surface area contributed by atoms with Crippen LogP contribution in [0.1, 0.15) is 18.1 Å². The van der Waals surface area contributed by atoms with Gasteiger partial charge in [0.15, 0.2) is 0 Å². The number of aromatic nitrogens is 2. The molecule has 1 aromatic heterocycles. The normalized spacial score (nSPS) is 14.4. The SMILES string of the molecule is CC(=O)Nc1cc(/C(C=N)=C2\C=CC(c3cnn(C)c3)=CN2)cc(-c2ccc(F)cc2F)c1. The van der Waals surface area contributed by atoms with Crippen molar-refractivity contribution in [3.8, 4) is 11.1 Å². The number of carbonyl (C=O) groups excluding carboxylic acids is 1. The largest absolute Gasteiger partial charge is 0.361 e. The van der Waals surface area contributed by atoms with Crippen LogP contribution in [0.15, 0.2) is 72.8 Å². The number of amides is 1. The first-order chi connectivity index (χ1) is 15.8. The van der Waals surface area contributed by atoms with Gasteiger partial charge in [-0.3, -0.25) is 9.48 Å². The van der Waals surface area contributed by atoms with E-state index in [1.807, 2.05) is 31.6 Å². The Morgan fingerprint density at radius 1 is 1.15 bits per heavy atom. The lowest BCUT2D eigenvalue weighted by Gasteiger charge is -2.16. The molecule has 1 aliphatic heterocycles. The van der Waals surface area contributed by atoms with E-state index in [4.69, 9.17) is 5.41 Å². The van der Waals surface area contributed by atoms with E-state index in [-0.39, 0.29) is 11.5 Å². The fraction of sp³-hybridized carbons (Fsp3) is 0.0800. The van der Waals surface area contributed by atoms with Gasteiger partial charge in [0, 0.05) is 72.3 Å². The summed E-state index contributed by atoms with van der Waals surface area (Å²) in [4.78, 5) is 11.7. The van der Waals surface area contributed by atoms with Crippen LogP contribution in [0.25, 0.3) is 22.3 Å². The van der Waals surface area contributed by atoms with E-state index in [2.05, 4.69) is 15.7 Å². The lowest BCUT2D eigenvalue weighted by Crippen LogP contribution is -2.11. The molecule has 2 aromatic carbocycles. The molecule has 6 nitrogen and oxygen atoms in total. The number of nitrogens with zero attached hydrogens (tertiary/aromatic N) is 2. The van der Waals surface area contributed by atoms with Crippen LogP contribution in [0.4, 0.5) is 14.5 Å². The lowest BCUT2D eigenvalue weighted by atomic mass is 9.96. The molecule has 1 amide bonds. The number of anilines is 1. The highest BCUT2D eigenvalue weighted by atomic mass is 19.1. The van der Waals surface area contributed by atoms with Gasteiger partial charge in [0.25, 0.3) is 0 Å². The summed E-state index contributed by atoms with van der Waals surface area (Å²) in [5.74, 6) is -1.68. The summed E-state index contributed by atoms with van der Waals surface area (Å²) in [6.07, 6.45) is 10.4. The summed E-state index contributed by atoms with van der Waals surface area (Å²) in [6.45, 7) is 1.37. The van der Waals surface area contributed by atoms with E-state index in [0.29, 0.717) is 28.1 Å². The predicted molar refractivity (Wildman–Crippen MR) is 125 cm³/mol. The summed E-state index contributed by atoms with van der Waals surface area (Å²) >= 11 is 0. The van der Waals surface area contributed by atoms with Crippen LogP contribution in [-0.2, 0) is 11.8 Å². The Kier molecular flexibility index (Phi) is 5.99. The van der Waals surface area contributed by atoms with E-state index in [9.17, 15) is 13.6 Å². The molecule has 0 fully saturated rings. The summed E-state index contributed by atoms with van der Waals surface area (Å²) in [6, 6.07) is 8.35. The highest BCUT2D eigenvalue weighted by molar-refractivity contribution is 6.11. The van der Waals surface area contributed by atoms with Crippen molar-refractivity contribution in [3.05, 3.63) is 95.6 Å². The second-order valence-electron chi connectivity index (χ2n) is 7.56. The molecule has 33 heavy (non-hydrogen) atoms. The fourth-order valence-corrected chi connectivity index (χ4v) is 3.60. The average Bonchev–Trinajstić information content (AvgIpc) is 3.20. The van der Waals surface area contributed by atoms with Crippen molar-refractivity contribution in [2.75, 3.05) is 5.32 Å². The van der Waals surface area contributed by atoms with Gasteiger partial charge in [0.2, 0.25) is 5.91 Å². The Morgan fingerprint density at radius 3 is 2.58 bits per heavy atom. The van der Waals surface area contributed by atoms with Crippen molar-refractivity contribution in [1.29, 1.82) is 5.41 Å².